The Morgan fingerprint density at radius 1 is 1.17 bits per heavy atom. The summed E-state index contributed by atoms with van der Waals surface area (Å²) in [6.07, 6.45) is 6.40. The second-order valence-corrected chi connectivity index (χ2v) is 9.40. The lowest BCUT2D eigenvalue weighted by molar-refractivity contribution is -0.120. The zero-order chi connectivity index (χ0) is 21.5. The highest BCUT2D eigenvalue weighted by Gasteiger charge is 2.21. The molecular formula is C23H35N5OS. The zero-order valence-corrected chi connectivity index (χ0v) is 19.5. The van der Waals surface area contributed by atoms with Crippen LogP contribution in [-0.4, -0.2) is 45.6 Å². The molecule has 1 unspecified atom stereocenters. The van der Waals surface area contributed by atoms with Crippen LogP contribution in [-0.2, 0) is 11.8 Å². The van der Waals surface area contributed by atoms with Crippen molar-refractivity contribution in [1.82, 2.24) is 20.1 Å². The van der Waals surface area contributed by atoms with E-state index in [9.17, 15) is 4.79 Å². The van der Waals surface area contributed by atoms with Crippen molar-refractivity contribution in [2.75, 3.05) is 24.5 Å². The number of amides is 1. The number of nitrogens with zero attached hydrogens (tertiary/aromatic N) is 4. The van der Waals surface area contributed by atoms with E-state index in [1.165, 1.54) is 49.6 Å². The second-order valence-electron chi connectivity index (χ2n) is 8.09. The van der Waals surface area contributed by atoms with Crippen molar-refractivity contribution in [3.8, 4) is 11.4 Å². The second kappa shape index (κ2) is 10.8. The van der Waals surface area contributed by atoms with Gasteiger partial charge in [-0.1, -0.05) is 31.0 Å². The summed E-state index contributed by atoms with van der Waals surface area (Å²) in [5.41, 5.74) is 2.24. The molecule has 1 aromatic heterocycles. The molecule has 1 N–H and O–H groups in total. The first-order valence-corrected chi connectivity index (χ1v) is 12.1. The molecule has 1 aliphatic carbocycles. The van der Waals surface area contributed by atoms with Crippen molar-refractivity contribution in [1.29, 1.82) is 0 Å². The molecule has 1 heterocycles. The standard InChI is InChI=1S/C23H35N5OS/c1-5-28(6-2)20-14-12-19(13-15-20)21-25-26-23(27(21)4)30-17(3)22(29)24-16-18-10-8-7-9-11-18/h12-15,17-18H,5-11,16H2,1-4H3,(H,24,29). The summed E-state index contributed by atoms with van der Waals surface area (Å²) < 4.78 is 1.97. The quantitative estimate of drug-likeness (QED) is 0.595. The Kier molecular flexibility index (Phi) is 8.19. The molecule has 0 bridgehead atoms. The predicted molar refractivity (Wildman–Crippen MR) is 125 cm³/mol. The lowest BCUT2D eigenvalue weighted by Crippen LogP contribution is -2.35. The maximum absolute atomic E-state index is 12.5. The van der Waals surface area contributed by atoms with Crippen molar-refractivity contribution in [3.63, 3.8) is 0 Å². The maximum atomic E-state index is 12.5. The molecular weight excluding hydrogens is 394 g/mol. The Hall–Kier alpha value is -2.02. The molecule has 1 aromatic carbocycles. The summed E-state index contributed by atoms with van der Waals surface area (Å²) in [5.74, 6) is 1.54. The topological polar surface area (TPSA) is 63.1 Å². The number of carbonyl (C=O) groups excluding carboxylic acids is 1. The van der Waals surface area contributed by atoms with E-state index in [-0.39, 0.29) is 11.2 Å². The molecule has 0 saturated heterocycles. The Morgan fingerprint density at radius 2 is 1.83 bits per heavy atom. The molecule has 0 spiro atoms. The summed E-state index contributed by atoms with van der Waals surface area (Å²) in [6.45, 7) is 9.04. The van der Waals surface area contributed by atoms with Crippen molar-refractivity contribution < 1.29 is 4.79 Å². The van der Waals surface area contributed by atoms with Gasteiger partial charge in [0, 0.05) is 37.9 Å². The van der Waals surface area contributed by atoms with Gasteiger partial charge in [0.15, 0.2) is 11.0 Å². The largest absolute Gasteiger partial charge is 0.372 e. The van der Waals surface area contributed by atoms with Gasteiger partial charge in [-0.25, -0.2) is 0 Å². The van der Waals surface area contributed by atoms with Gasteiger partial charge < -0.3 is 14.8 Å². The minimum absolute atomic E-state index is 0.0821. The van der Waals surface area contributed by atoms with Gasteiger partial charge in [-0.2, -0.15) is 0 Å². The minimum atomic E-state index is -0.200. The van der Waals surface area contributed by atoms with Crippen LogP contribution in [0.2, 0.25) is 0 Å². The van der Waals surface area contributed by atoms with Gasteiger partial charge in [0.2, 0.25) is 5.91 Å². The summed E-state index contributed by atoms with van der Waals surface area (Å²) in [4.78, 5) is 14.9. The normalized spacial score (nSPS) is 15.7. The third-order valence-electron chi connectivity index (χ3n) is 6.03. The summed E-state index contributed by atoms with van der Waals surface area (Å²) in [6, 6.07) is 8.44. The first-order chi connectivity index (χ1) is 14.5. The molecule has 164 valence electrons. The van der Waals surface area contributed by atoms with Crippen LogP contribution >= 0.6 is 11.8 Å². The molecule has 30 heavy (non-hydrogen) atoms. The highest BCUT2D eigenvalue weighted by molar-refractivity contribution is 8.00. The number of hydrogen-bond acceptors (Lipinski definition) is 5. The average molecular weight is 430 g/mol. The Morgan fingerprint density at radius 3 is 2.47 bits per heavy atom. The third-order valence-corrected chi connectivity index (χ3v) is 7.16. The van der Waals surface area contributed by atoms with Gasteiger partial charge in [0.1, 0.15) is 0 Å². The van der Waals surface area contributed by atoms with Crippen molar-refractivity contribution in [2.45, 2.75) is 63.3 Å². The van der Waals surface area contributed by atoms with Crippen molar-refractivity contribution in [2.24, 2.45) is 13.0 Å². The molecule has 1 amide bonds. The Balaban J connectivity index is 1.59. The predicted octanol–water partition coefficient (Wildman–Crippen LogP) is 4.51. The Bertz CT molecular complexity index is 810. The molecule has 1 aliphatic rings. The maximum Gasteiger partial charge on any atom is 0.233 e. The molecule has 3 rings (SSSR count). The van der Waals surface area contributed by atoms with E-state index < -0.39 is 0 Å². The molecule has 1 saturated carbocycles. The van der Waals surface area contributed by atoms with Crippen LogP contribution in [0.3, 0.4) is 0 Å². The van der Waals surface area contributed by atoms with Crippen LogP contribution in [0.1, 0.15) is 52.9 Å². The third kappa shape index (κ3) is 5.56. The van der Waals surface area contributed by atoms with Gasteiger partial charge in [-0.3, -0.25) is 4.79 Å². The molecule has 6 nitrogen and oxygen atoms in total. The number of benzene rings is 1. The van der Waals surface area contributed by atoms with E-state index in [0.717, 1.165) is 36.2 Å². The van der Waals surface area contributed by atoms with Crippen LogP contribution < -0.4 is 10.2 Å². The molecule has 1 fully saturated rings. The number of carbonyl (C=O) groups is 1. The number of hydrogen-bond donors (Lipinski definition) is 1. The smallest absolute Gasteiger partial charge is 0.233 e. The van der Waals surface area contributed by atoms with Crippen molar-refractivity contribution in [3.05, 3.63) is 24.3 Å². The van der Waals surface area contributed by atoms with E-state index in [4.69, 9.17) is 0 Å². The van der Waals surface area contributed by atoms with Crippen molar-refractivity contribution >= 4 is 23.4 Å². The highest BCUT2D eigenvalue weighted by Crippen LogP contribution is 2.27. The van der Waals surface area contributed by atoms with Gasteiger partial charge in [-0.15, -0.1) is 10.2 Å². The fourth-order valence-electron chi connectivity index (χ4n) is 4.07. The number of anilines is 1. The van der Waals surface area contributed by atoms with E-state index in [2.05, 4.69) is 58.5 Å². The fraction of sp³-hybridized carbons (Fsp3) is 0.609. The SMILES string of the molecule is CCN(CC)c1ccc(-c2nnc(SC(C)C(=O)NCC3CCCCC3)n2C)cc1. The van der Waals surface area contributed by atoms with Crippen LogP contribution in [0.15, 0.2) is 29.4 Å². The number of thioether (sulfide) groups is 1. The molecule has 2 aromatic rings. The van der Waals surface area contributed by atoms with Crippen LogP contribution in [0.5, 0.6) is 0 Å². The summed E-state index contributed by atoms with van der Waals surface area (Å²) >= 11 is 1.46. The Labute approximate surface area is 184 Å². The van der Waals surface area contributed by atoms with Crippen LogP contribution in [0.4, 0.5) is 5.69 Å². The fourth-order valence-corrected chi connectivity index (χ4v) is 4.91. The van der Waals surface area contributed by atoms with E-state index in [1.807, 2.05) is 18.5 Å². The van der Waals surface area contributed by atoms with Gasteiger partial charge in [0.05, 0.1) is 5.25 Å². The first kappa shape index (κ1) is 22.7. The van der Waals surface area contributed by atoms with E-state index in [1.54, 1.807) is 0 Å². The average Bonchev–Trinajstić information content (AvgIpc) is 3.14. The molecule has 1 atom stereocenters. The lowest BCUT2D eigenvalue weighted by Gasteiger charge is -2.22. The van der Waals surface area contributed by atoms with Crippen LogP contribution in [0.25, 0.3) is 11.4 Å². The monoisotopic (exact) mass is 429 g/mol. The first-order valence-electron chi connectivity index (χ1n) is 11.2. The number of nitrogens with one attached hydrogen (secondary N) is 1. The minimum Gasteiger partial charge on any atom is -0.372 e. The number of aromatic nitrogens is 3. The van der Waals surface area contributed by atoms with E-state index in [0.29, 0.717) is 5.92 Å². The highest BCUT2D eigenvalue weighted by atomic mass is 32.2. The molecule has 7 heteroatoms. The van der Waals surface area contributed by atoms with E-state index >= 15 is 0 Å². The number of rotatable bonds is 9. The van der Waals surface area contributed by atoms with Gasteiger partial charge >= 0.3 is 0 Å². The summed E-state index contributed by atoms with van der Waals surface area (Å²) in [7, 11) is 1.96. The molecule has 0 aliphatic heterocycles. The van der Waals surface area contributed by atoms with Gasteiger partial charge in [-0.05, 0) is 63.8 Å². The lowest BCUT2D eigenvalue weighted by atomic mass is 9.89. The van der Waals surface area contributed by atoms with Gasteiger partial charge in [0.25, 0.3) is 0 Å². The summed E-state index contributed by atoms with van der Waals surface area (Å²) in [5, 5.41) is 12.4. The van der Waals surface area contributed by atoms with Crippen LogP contribution in [0, 0.1) is 5.92 Å². The zero-order valence-electron chi connectivity index (χ0n) is 18.7. The molecule has 0 radical (unpaired) electrons.